The molecule has 1 amide bonds. The lowest BCUT2D eigenvalue weighted by molar-refractivity contribution is 0.101. The van der Waals surface area contributed by atoms with Gasteiger partial charge in [0.15, 0.2) is 17.3 Å². The Hall–Kier alpha value is -4.05. The van der Waals surface area contributed by atoms with Gasteiger partial charge >= 0.3 is 6.09 Å². The molecule has 0 unspecified atom stereocenters. The zero-order valence-electron chi connectivity index (χ0n) is 17.5. The van der Waals surface area contributed by atoms with Crippen molar-refractivity contribution in [3.63, 3.8) is 0 Å². The van der Waals surface area contributed by atoms with Gasteiger partial charge in [-0.25, -0.2) is 4.79 Å². The fraction of sp³-hybridized carbons (Fsp3) is 0.261. The summed E-state index contributed by atoms with van der Waals surface area (Å²) in [4.78, 5) is 27.9. The number of aromatic nitrogens is 2. The SMILES string of the molecule is O=C1/C(=C/c2n[nH]c3ccccc23)Oc2c1cc1c(c2CN2CCN(C(=O)O)CC2)OCO1. The number of ketones is 1. The van der Waals surface area contributed by atoms with Gasteiger partial charge in [0.05, 0.1) is 22.3 Å². The number of hydrogen-bond donors (Lipinski definition) is 2. The maximum Gasteiger partial charge on any atom is 0.407 e. The average molecular weight is 448 g/mol. The number of hydrogen-bond acceptors (Lipinski definition) is 7. The van der Waals surface area contributed by atoms with E-state index in [-0.39, 0.29) is 18.3 Å². The van der Waals surface area contributed by atoms with Gasteiger partial charge in [-0.3, -0.25) is 14.8 Å². The van der Waals surface area contributed by atoms with Crippen LogP contribution in [-0.2, 0) is 6.54 Å². The Morgan fingerprint density at radius 2 is 1.97 bits per heavy atom. The van der Waals surface area contributed by atoms with Crippen LogP contribution in [0.1, 0.15) is 21.6 Å². The monoisotopic (exact) mass is 448 g/mol. The van der Waals surface area contributed by atoms with E-state index >= 15 is 0 Å². The van der Waals surface area contributed by atoms with E-state index < -0.39 is 6.09 Å². The number of aromatic amines is 1. The second kappa shape index (κ2) is 7.52. The molecule has 10 heteroatoms. The van der Waals surface area contributed by atoms with E-state index in [4.69, 9.17) is 14.2 Å². The predicted octanol–water partition coefficient (Wildman–Crippen LogP) is 2.70. The molecule has 2 aromatic carbocycles. The van der Waals surface area contributed by atoms with Crippen LogP contribution in [0.15, 0.2) is 36.1 Å². The molecule has 33 heavy (non-hydrogen) atoms. The van der Waals surface area contributed by atoms with Gasteiger partial charge in [-0.1, -0.05) is 18.2 Å². The number of nitrogens with one attached hydrogen (secondary N) is 1. The molecule has 2 N–H and O–H groups in total. The number of rotatable bonds is 3. The van der Waals surface area contributed by atoms with Crippen molar-refractivity contribution in [3.05, 3.63) is 52.9 Å². The van der Waals surface area contributed by atoms with Gasteiger partial charge in [0.25, 0.3) is 0 Å². The zero-order valence-corrected chi connectivity index (χ0v) is 17.5. The lowest BCUT2D eigenvalue weighted by Gasteiger charge is -2.33. The van der Waals surface area contributed by atoms with Crippen LogP contribution in [0.2, 0.25) is 0 Å². The lowest BCUT2D eigenvalue weighted by atomic mass is 10.0. The molecule has 0 spiro atoms. The molecule has 1 aromatic heterocycles. The summed E-state index contributed by atoms with van der Waals surface area (Å²) in [7, 11) is 0. The number of benzene rings is 2. The van der Waals surface area contributed by atoms with Gasteiger partial charge in [-0.05, 0) is 12.1 Å². The normalized spacial score (nSPS) is 18.7. The van der Waals surface area contributed by atoms with Crippen molar-refractivity contribution < 1.29 is 28.9 Å². The van der Waals surface area contributed by atoms with Crippen LogP contribution in [-0.4, -0.2) is 70.0 Å². The van der Waals surface area contributed by atoms with Gasteiger partial charge in [-0.15, -0.1) is 0 Å². The standard InChI is InChI=1S/C23H20N4O6/c28-20-14-9-19-22(32-12-31-19)15(11-26-5-7-27(8-6-26)23(29)30)21(14)33-18(20)10-17-13-3-1-2-4-16(13)24-25-17/h1-4,9-10H,5-8,11-12H2,(H,24,25)(H,29,30)/b18-10-. The van der Waals surface area contributed by atoms with Gasteiger partial charge in [0.1, 0.15) is 5.75 Å². The number of allylic oxidation sites excluding steroid dienone is 1. The number of para-hydroxylation sites is 1. The first-order valence-corrected chi connectivity index (χ1v) is 10.6. The molecule has 10 nitrogen and oxygen atoms in total. The van der Waals surface area contributed by atoms with E-state index in [9.17, 15) is 14.7 Å². The number of nitrogens with zero attached hydrogens (tertiary/aromatic N) is 3. The van der Waals surface area contributed by atoms with Crippen LogP contribution < -0.4 is 14.2 Å². The molecule has 0 aliphatic carbocycles. The fourth-order valence-electron chi connectivity index (χ4n) is 4.45. The van der Waals surface area contributed by atoms with Crippen LogP contribution in [0.25, 0.3) is 17.0 Å². The highest BCUT2D eigenvalue weighted by atomic mass is 16.7. The third kappa shape index (κ3) is 3.26. The molecule has 1 fully saturated rings. The van der Waals surface area contributed by atoms with Crippen molar-refractivity contribution >= 4 is 28.9 Å². The summed E-state index contributed by atoms with van der Waals surface area (Å²) < 4.78 is 17.4. The number of amides is 1. The van der Waals surface area contributed by atoms with Crippen LogP contribution in [0.5, 0.6) is 17.2 Å². The Balaban J connectivity index is 1.34. The van der Waals surface area contributed by atoms with Crippen molar-refractivity contribution in [3.8, 4) is 17.2 Å². The Bertz CT molecular complexity index is 1320. The minimum atomic E-state index is -0.914. The lowest BCUT2D eigenvalue weighted by Crippen LogP contribution is -2.47. The Morgan fingerprint density at radius 3 is 2.79 bits per heavy atom. The van der Waals surface area contributed by atoms with Crippen molar-refractivity contribution in [2.75, 3.05) is 33.0 Å². The van der Waals surface area contributed by atoms with E-state index in [2.05, 4.69) is 15.1 Å². The molecule has 0 radical (unpaired) electrons. The minimum Gasteiger partial charge on any atom is -0.465 e. The molecule has 3 aromatic rings. The van der Waals surface area contributed by atoms with Gasteiger partial charge in [0.2, 0.25) is 12.6 Å². The smallest absolute Gasteiger partial charge is 0.407 e. The first-order valence-electron chi connectivity index (χ1n) is 10.6. The van der Waals surface area contributed by atoms with Crippen LogP contribution in [0.4, 0.5) is 4.79 Å². The summed E-state index contributed by atoms with van der Waals surface area (Å²) in [5.41, 5.74) is 2.64. The zero-order chi connectivity index (χ0) is 22.5. The van der Waals surface area contributed by atoms with E-state index in [0.29, 0.717) is 61.2 Å². The quantitative estimate of drug-likeness (QED) is 0.588. The summed E-state index contributed by atoms with van der Waals surface area (Å²) in [5.74, 6) is 1.47. The largest absolute Gasteiger partial charge is 0.465 e. The number of carboxylic acid groups (broad SMARTS) is 1. The van der Waals surface area contributed by atoms with E-state index in [0.717, 1.165) is 16.5 Å². The summed E-state index contributed by atoms with van der Waals surface area (Å²) in [6, 6.07) is 9.32. The number of piperazine rings is 1. The highest BCUT2D eigenvalue weighted by molar-refractivity contribution is 6.15. The molecule has 3 aliphatic heterocycles. The molecule has 1 saturated heterocycles. The second-order valence-corrected chi connectivity index (χ2v) is 8.11. The third-order valence-corrected chi connectivity index (χ3v) is 6.18. The van der Waals surface area contributed by atoms with E-state index in [1.165, 1.54) is 4.90 Å². The molecule has 0 atom stereocenters. The highest BCUT2D eigenvalue weighted by Crippen LogP contribution is 2.48. The predicted molar refractivity (Wildman–Crippen MR) is 116 cm³/mol. The van der Waals surface area contributed by atoms with Gasteiger partial charge in [-0.2, -0.15) is 5.10 Å². The van der Waals surface area contributed by atoms with Crippen LogP contribution in [0.3, 0.4) is 0 Å². The first kappa shape index (κ1) is 19.6. The molecule has 3 aliphatic rings. The maximum absolute atomic E-state index is 13.2. The number of ether oxygens (including phenoxy) is 3. The third-order valence-electron chi connectivity index (χ3n) is 6.18. The molecule has 168 valence electrons. The molecular formula is C23H20N4O6. The maximum atomic E-state index is 13.2. The highest BCUT2D eigenvalue weighted by Gasteiger charge is 2.36. The second-order valence-electron chi connectivity index (χ2n) is 8.11. The summed E-state index contributed by atoms with van der Waals surface area (Å²) in [6.45, 7) is 2.51. The van der Waals surface area contributed by atoms with Crippen LogP contribution in [0, 0.1) is 0 Å². The van der Waals surface area contributed by atoms with Crippen molar-refractivity contribution in [1.29, 1.82) is 0 Å². The summed E-state index contributed by atoms with van der Waals surface area (Å²) >= 11 is 0. The number of Topliss-reactive ketones (excluding diaryl/α,β-unsaturated/α-hetero) is 1. The van der Waals surface area contributed by atoms with Crippen molar-refractivity contribution in [2.24, 2.45) is 0 Å². The van der Waals surface area contributed by atoms with Crippen LogP contribution >= 0.6 is 0 Å². The Morgan fingerprint density at radius 1 is 1.15 bits per heavy atom. The number of fused-ring (bicyclic) bond motifs is 3. The Kier molecular flexibility index (Phi) is 4.47. The average Bonchev–Trinajstić information content (AvgIpc) is 3.53. The van der Waals surface area contributed by atoms with E-state index in [1.54, 1.807) is 12.1 Å². The topological polar surface area (TPSA) is 117 Å². The van der Waals surface area contributed by atoms with E-state index in [1.807, 2.05) is 24.3 Å². The molecule has 6 rings (SSSR count). The van der Waals surface area contributed by atoms with Gasteiger partial charge < -0.3 is 24.2 Å². The fourth-order valence-corrected chi connectivity index (χ4v) is 4.45. The first-order chi connectivity index (χ1) is 16.1. The number of H-pyrrole nitrogens is 1. The molecular weight excluding hydrogens is 428 g/mol. The van der Waals surface area contributed by atoms with Gasteiger partial charge in [0, 0.05) is 44.2 Å². The van der Waals surface area contributed by atoms with Crippen molar-refractivity contribution in [2.45, 2.75) is 6.54 Å². The summed E-state index contributed by atoms with van der Waals surface area (Å²) in [6.07, 6.45) is 0.728. The number of carbonyl (C=O) groups is 2. The Labute approximate surface area is 187 Å². The summed E-state index contributed by atoms with van der Waals surface area (Å²) in [5, 5.41) is 17.4. The molecule has 0 saturated carbocycles. The molecule has 0 bridgehead atoms. The minimum absolute atomic E-state index is 0.0775. The van der Waals surface area contributed by atoms with Crippen molar-refractivity contribution in [1.82, 2.24) is 20.0 Å². The molecule has 4 heterocycles. The number of carbonyl (C=O) groups excluding carboxylic acids is 1.